The molecule has 0 bridgehead atoms. The molecule has 3 heterocycles. The van der Waals surface area contributed by atoms with E-state index in [1.807, 2.05) is 0 Å². The summed E-state index contributed by atoms with van der Waals surface area (Å²) in [6, 6.07) is 1.65. The van der Waals surface area contributed by atoms with Crippen molar-refractivity contribution in [3.05, 3.63) is 42.4 Å². The molecule has 110 valence electrons. The van der Waals surface area contributed by atoms with Gasteiger partial charge in [-0.3, -0.25) is 9.59 Å². The normalized spacial score (nSPS) is 18.7. The molecule has 1 aliphatic rings. The smallest absolute Gasteiger partial charge is 0.257 e. The summed E-state index contributed by atoms with van der Waals surface area (Å²) in [4.78, 5) is 30.6. The van der Waals surface area contributed by atoms with Crippen LogP contribution >= 0.6 is 0 Å². The summed E-state index contributed by atoms with van der Waals surface area (Å²) in [7, 11) is 1.80. The van der Waals surface area contributed by atoms with Crippen LogP contribution in [0.2, 0.25) is 0 Å². The zero-order chi connectivity index (χ0) is 14.8. The van der Waals surface area contributed by atoms with Crippen LogP contribution in [0, 0.1) is 5.92 Å². The van der Waals surface area contributed by atoms with Crippen molar-refractivity contribution < 1.29 is 14.0 Å². The zero-order valence-corrected chi connectivity index (χ0v) is 11.9. The molecule has 3 rings (SSSR count). The Morgan fingerprint density at radius 2 is 2.29 bits per heavy atom. The Morgan fingerprint density at radius 1 is 1.43 bits per heavy atom. The molecule has 1 unspecified atom stereocenters. The first-order chi connectivity index (χ1) is 10.2. The number of piperidine rings is 1. The van der Waals surface area contributed by atoms with Crippen LogP contribution in [0.25, 0.3) is 0 Å². The summed E-state index contributed by atoms with van der Waals surface area (Å²) < 4.78 is 6.67. The van der Waals surface area contributed by atoms with Gasteiger partial charge < -0.3 is 13.9 Å². The van der Waals surface area contributed by atoms with E-state index in [2.05, 4.69) is 4.98 Å². The molecule has 1 saturated heterocycles. The number of carbonyl (C=O) groups excluding carboxylic acids is 2. The van der Waals surface area contributed by atoms with Crippen LogP contribution in [-0.2, 0) is 7.05 Å². The molecule has 0 aromatic carbocycles. The number of nitrogens with zero attached hydrogens (tertiary/aromatic N) is 3. The first-order valence-electron chi connectivity index (χ1n) is 7.00. The molecule has 0 aliphatic carbocycles. The van der Waals surface area contributed by atoms with Gasteiger partial charge in [-0.05, 0) is 18.9 Å². The van der Waals surface area contributed by atoms with E-state index in [1.165, 1.54) is 12.5 Å². The molecule has 0 N–H and O–H groups in total. The van der Waals surface area contributed by atoms with Gasteiger partial charge >= 0.3 is 0 Å². The van der Waals surface area contributed by atoms with E-state index in [0.717, 1.165) is 12.8 Å². The van der Waals surface area contributed by atoms with E-state index in [4.69, 9.17) is 4.42 Å². The van der Waals surface area contributed by atoms with Gasteiger partial charge in [0.2, 0.25) is 5.78 Å². The maximum atomic E-state index is 12.5. The third-order valence-corrected chi connectivity index (χ3v) is 3.89. The van der Waals surface area contributed by atoms with Crippen molar-refractivity contribution >= 4 is 11.7 Å². The summed E-state index contributed by atoms with van der Waals surface area (Å²) >= 11 is 0. The van der Waals surface area contributed by atoms with Crippen molar-refractivity contribution in [3.63, 3.8) is 0 Å². The Balaban J connectivity index is 1.73. The van der Waals surface area contributed by atoms with Crippen molar-refractivity contribution in [2.24, 2.45) is 13.0 Å². The fourth-order valence-corrected chi connectivity index (χ4v) is 2.73. The maximum Gasteiger partial charge on any atom is 0.257 e. The fourth-order valence-electron chi connectivity index (χ4n) is 2.73. The second-order valence-corrected chi connectivity index (χ2v) is 5.33. The van der Waals surface area contributed by atoms with Crippen LogP contribution in [0.1, 0.15) is 33.8 Å². The van der Waals surface area contributed by atoms with Gasteiger partial charge in [0, 0.05) is 38.4 Å². The SMILES string of the molecule is Cn1ccnc1C(=O)C1CCCN(C(=O)c2ccoc2)C1. The van der Waals surface area contributed by atoms with Crippen LogP contribution in [0.3, 0.4) is 0 Å². The molecule has 6 nitrogen and oxygen atoms in total. The molecule has 1 aliphatic heterocycles. The van der Waals surface area contributed by atoms with E-state index < -0.39 is 0 Å². The lowest BCUT2D eigenvalue weighted by Gasteiger charge is -2.31. The molecule has 21 heavy (non-hydrogen) atoms. The zero-order valence-electron chi connectivity index (χ0n) is 11.9. The van der Waals surface area contributed by atoms with Gasteiger partial charge in [0.05, 0.1) is 11.8 Å². The molecule has 1 fully saturated rings. The highest BCUT2D eigenvalue weighted by atomic mass is 16.3. The molecular weight excluding hydrogens is 270 g/mol. The Morgan fingerprint density at radius 3 is 2.95 bits per heavy atom. The van der Waals surface area contributed by atoms with Crippen molar-refractivity contribution in [2.45, 2.75) is 12.8 Å². The van der Waals surface area contributed by atoms with Gasteiger partial charge in [0.25, 0.3) is 5.91 Å². The molecule has 0 spiro atoms. The monoisotopic (exact) mass is 287 g/mol. The summed E-state index contributed by atoms with van der Waals surface area (Å²) in [5.41, 5.74) is 0.528. The van der Waals surface area contributed by atoms with Gasteiger partial charge in [0.1, 0.15) is 6.26 Å². The van der Waals surface area contributed by atoms with Crippen LogP contribution in [0.15, 0.2) is 35.4 Å². The number of carbonyl (C=O) groups is 2. The quantitative estimate of drug-likeness (QED) is 0.806. The highest BCUT2D eigenvalue weighted by molar-refractivity contribution is 5.97. The standard InChI is InChI=1S/C15H17N3O3/c1-17-7-5-16-14(17)13(19)11-3-2-6-18(9-11)15(20)12-4-8-21-10-12/h4-5,7-8,10-11H,2-3,6,9H2,1H3. The average molecular weight is 287 g/mol. The maximum absolute atomic E-state index is 12.5. The number of Topliss-reactive ketones (excluding diaryl/α,β-unsaturated/α-hetero) is 1. The highest BCUT2D eigenvalue weighted by Crippen LogP contribution is 2.22. The Bertz CT molecular complexity index is 645. The number of hydrogen-bond donors (Lipinski definition) is 0. The molecule has 0 radical (unpaired) electrons. The minimum atomic E-state index is -0.185. The lowest BCUT2D eigenvalue weighted by molar-refractivity contribution is 0.0632. The minimum absolute atomic E-state index is 0.00666. The fraction of sp³-hybridized carbons (Fsp3) is 0.400. The van der Waals surface area contributed by atoms with Crippen LogP contribution in [0.5, 0.6) is 0 Å². The van der Waals surface area contributed by atoms with Crippen LogP contribution in [0.4, 0.5) is 0 Å². The summed E-state index contributed by atoms with van der Waals surface area (Å²) in [5.74, 6) is 0.196. The second-order valence-electron chi connectivity index (χ2n) is 5.33. The van der Waals surface area contributed by atoms with Crippen molar-refractivity contribution in [1.29, 1.82) is 0 Å². The number of amides is 1. The van der Waals surface area contributed by atoms with Crippen LogP contribution in [-0.4, -0.2) is 39.2 Å². The van der Waals surface area contributed by atoms with Crippen molar-refractivity contribution in [3.8, 4) is 0 Å². The number of aromatic nitrogens is 2. The Hall–Kier alpha value is -2.37. The molecule has 0 saturated carbocycles. The Kier molecular flexibility index (Phi) is 3.60. The third kappa shape index (κ3) is 2.61. The molecule has 6 heteroatoms. The van der Waals surface area contributed by atoms with Crippen molar-refractivity contribution in [2.75, 3.05) is 13.1 Å². The first-order valence-corrected chi connectivity index (χ1v) is 7.00. The highest BCUT2D eigenvalue weighted by Gasteiger charge is 2.31. The van der Waals surface area contributed by atoms with Crippen molar-refractivity contribution in [1.82, 2.24) is 14.5 Å². The molecule has 2 aromatic heterocycles. The average Bonchev–Trinajstić information content (AvgIpc) is 3.17. The third-order valence-electron chi connectivity index (χ3n) is 3.89. The van der Waals surface area contributed by atoms with Gasteiger partial charge in [-0.1, -0.05) is 0 Å². The summed E-state index contributed by atoms with van der Waals surface area (Å²) in [6.45, 7) is 1.12. The van der Waals surface area contributed by atoms with E-state index in [0.29, 0.717) is 24.5 Å². The largest absolute Gasteiger partial charge is 0.472 e. The van der Waals surface area contributed by atoms with E-state index in [9.17, 15) is 9.59 Å². The number of rotatable bonds is 3. The van der Waals surface area contributed by atoms with E-state index in [-0.39, 0.29) is 17.6 Å². The molecule has 1 atom stereocenters. The van der Waals surface area contributed by atoms with Gasteiger partial charge in [0.15, 0.2) is 5.82 Å². The number of aryl methyl sites for hydroxylation is 1. The van der Waals surface area contributed by atoms with Gasteiger partial charge in [-0.25, -0.2) is 4.98 Å². The topological polar surface area (TPSA) is 68.3 Å². The number of furan rings is 1. The summed E-state index contributed by atoms with van der Waals surface area (Å²) in [6.07, 6.45) is 7.90. The first kappa shape index (κ1) is 13.6. The lowest BCUT2D eigenvalue weighted by Crippen LogP contribution is -2.42. The van der Waals surface area contributed by atoms with Gasteiger partial charge in [-0.2, -0.15) is 0 Å². The predicted molar refractivity (Wildman–Crippen MR) is 74.9 cm³/mol. The van der Waals surface area contributed by atoms with E-state index >= 15 is 0 Å². The number of likely N-dealkylation sites (tertiary alicyclic amines) is 1. The van der Waals surface area contributed by atoms with Crippen LogP contribution < -0.4 is 0 Å². The number of ketones is 1. The van der Waals surface area contributed by atoms with E-state index in [1.54, 1.807) is 35.0 Å². The minimum Gasteiger partial charge on any atom is -0.472 e. The molecule has 1 amide bonds. The summed E-state index contributed by atoms with van der Waals surface area (Å²) in [5, 5.41) is 0. The second kappa shape index (κ2) is 5.55. The predicted octanol–water partition coefficient (Wildman–Crippen LogP) is 1.75. The number of imidazole rings is 1. The van der Waals surface area contributed by atoms with Gasteiger partial charge in [-0.15, -0.1) is 0 Å². The number of hydrogen-bond acceptors (Lipinski definition) is 4. The molecule has 2 aromatic rings. The molecular formula is C15H17N3O3. The Labute approximate surface area is 122 Å². The lowest BCUT2D eigenvalue weighted by atomic mass is 9.93.